The van der Waals surface area contributed by atoms with Gasteiger partial charge in [0.15, 0.2) is 0 Å². The van der Waals surface area contributed by atoms with Crippen molar-refractivity contribution in [1.29, 1.82) is 0 Å². The summed E-state index contributed by atoms with van der Waals surface area (Å²) in [5.41, 5.74) is 4.63. The minimum absolute atomic E-state index is 0.198. The number of benzene rings is 2. The van der Waals surface area contributed by atoms with E-state index >= 15 is 0 Å². The molecule has 2 aromatic carbocycles. The summed E-state index contributed by atoms with van der Waals surface area (Å²) in [7, 11) is 3.62. The van der Waals surface area contributed by atoms with Gasteiger partial charge >= 0.3 is 6.18 Å². The molecule has 1 unspecified atom stereocenters. The number of unbranched alkanes of at least 4 members (excludes halogenated alkanes) is 1. The monoisotopic (exact) mass is 540 g/mol. The summed E-state index contributed by atoms with van der Waals surface area (Å²) in [5, 5.41) is 13.6. The number of halogens is 3. The number of phenolic OH excluding ortho intramolecular Hbond substituents is 1. The van der Waals surface area contributed by atoms with Crippen LogP contribution in [0.15, 0.2) is 83.0 Å². The Labute approximate surface area is 232 Å². The third-order valence-corrected chi connectivity index (χ3v) is 6.99. The first-order chi connectivity index (χ1) is 18.6. The minimum Gasteiger partial charge on any atom is -0.507 e. The minimum atomic E-state index is -4.32. The van der Waals surface area contributed by atoms with Crippen LogP contribution in [0.1, 0.15) is 75.5 Å². The van der Waals surface area contributed by atoms with Gasteiger partial charge in [0.2, 0.25) is 0 Å². The molecule has 0 saturated carbocycles. The Bertz CT molecular complexity index is 1160. The van der Waals surface area contributed by atoms with E-state index < -0.39 is 11.7 Å². The van der Waals surface area contributed by atoms with Gasteiger partial charge in [0.25, 0.3) is 0 Å². The van der Waals surface area contributed by atoms with E-state index in [1.54, 1.807) is 31.3 Å². The molecule has 0 amide bonds. The molecule has 2 rings (SSSR count). The fraction of sp³-hybridized carbons (Fsp3) is 0.424. The topological polar surface area (TPSA) is 44.6 Å². The van der Waals surface area contributed by atoms with Crippen LogP contribution >= 0.6 is 0 Å². The second-order valence-corrected chi connectivity index (χ2v) is 10.1. The summed E-state index contributed by atoms with van der Waals surface area (Å²) in [6.45, 7) is 8.48. The molecular formula is C33H43F3N2O. The van der Waals surface area contributed by atoms with Crippen LogP contribution in [0, 0.1) is 5.92 Å². The zero-order valence-electron chi connectivity index (χ0n) is 23.7. The van der Waals surface area contributed by atoms with Gasteiger partial charge in [0.05, 0.1) is 11.3 Å². The maximum atomic E-state index is 13.4. The van der Waals surface area contributed by atoms with Crippen molar-refractivity contribution in [3.8, 4) is 5.75 Å². The predicted octanol–water partition coefficient (Wildman–Crippen LogP) is 9.15. The molecule has 2 aromatic rings. The van der Waals surface area contributed by atoms with E-state index in [-0.39, 0.29) is 5.75 Å². The Morgan fingerprint density at radius 1 is 1.08 bits per heavy atom. The molecule has 0 spiro atoms. The first-order valence-corrected chi connectivity index (χ1v) is 13.7. The van der Waals surface area contributed by atoms with Crippen LogP contribution in [0.3, 0.4) is 0 Å². The molecule has 0 aliphatic carbocycles. The van der Waals surface area contributed by atoms with Gasteiger partial charge in [-0.25, -0.2) is 0 Å². The SMILES string of the molecule is C=C(/C=C(\C/C(C)=C(\C=NC)NC)CC(CCC)CCCCc1ccccc1C(F)(F)F)c1ccccc1O. The number of rotatable bonds is 15. The fourth-order valence-corrected chi connectivity index (χ4v) is 5.10. The number of aromatic hydroxyl groups is 1. The maximum Gasteiger partial charge on any atom is 0.416 e. The first kappa shape index (κ1) is 31.9. The number of phenols is 1. The lowest BCUT2D eigenvalue weighted by atomic mass is 9.86. The molecule has 39 heavy (non-hydrogen) atoms. The average Bonchev–Trinajstić information content (AvgIpc) is 2.89. The Morgan fingerprint density at radius 3 is 2.41 bits per heavy atom. The highest BCUT2D eigenvalue weighted by Gasteiger charge is 2.32. The zero-order chi connectivity index (χ0) is 28.8. The molecule has 0 bridgehead atoms. The number of hydrogen-bond donors (Lipinski definition) is 2. The quantitative estimate of drug-likeness (QED) is 0.134. The lowest BCUT2D eigenvalue weighted by molar-refractivity contribution is -0.138. The van der Waals surface area contributed by atoms with Gasteiger partial charge in [-0.05, 0) is 67.4 Å². The van der Waals surface area contributed by atoms with Gasteiger partial charge in [-0.15, -0.1) is 0 Å². The molecule has 1 atom stereocenters. The summed E-state index contributed by atoms with van der Waals surface area (Å²) in [4.78, 5) is 4.16. The molecule has 3 nitrogen and oxygen atoms in total. The molecule has 0 fully saturated rings. The lowest BCUT2D eigenvalue weighted by Crippen LogP contribution is -2.11. The highest BCUT2D eigenvalue weighted by molar-refractivity contribution is 5.79. The predicted molar refractivity (Wildman–Crippen MR) is 158 cm³/mol. The molecule has 0 aromatic heterocycles. The summed E-state index contributed by atoms with van der Waals surface area (Å²) in [6, 6.07) is 13.1. The van der Waals surface area contributed by atoms with Gasteiger partial charge in [0, 0.05) is 25.9 Å². The number of nitrogens with one attached hydrogen (secondary N) is 1. The van der Waals surface area contributed by atoms with Crippen molar-refractivity contribution in [2.75, 3.05) is 14.1 Å². The first-order valence-electron chi connectivity index (χ1n) is 13.7. The summed E-state index contributed by atoms with van der Waals surface area (Å²) in [5.74, 6) is 0.602. The van der Waals surface area contributed by atoms with Crippen molar-refractivity contribution in [3.63, 3.8) is 0 Å². The van der Waals surface area contributed by atoms with Crippen LogP contribution in [0.4, 0.5) is 13.2 Å². The van der Waals surface area contributed by atoms with E-state index in [0.717, 1.165) is 55.4 Å². The third kappa shape index (κ3) is 10.4. The smallest absolute Gasteiger partial charge is 0.416 e. The van der Waals surface area contributed by atoms with Gasteiger partial charge in [-0.1, -0.05) is 87.2 Å². The molecular weight excluding hydrogens is 497 g/mol. The molecule has 2 N–H and O–H groups in total. The Hall–Kier alpha value is -3.28. The van der Waals surface area contributed by atoms with Gasteiger partial charge in [-0.2, -0.15) is 13.2 Å². The zero-order valence-corrected chi connectivity index (χ0v) is 23.7. The van der Waals surface area contributed by atoms with Crippen molar-refractivity contribution in [2.45, 2.75) is 71.4 Å². The van der Waals surface area contributed by atoms with E-state index in [0.29, 0.717) is 29.9 Å². The van der Waals surface area contributed by atoms with Crippen molar-refractivity contribution < 1.29 is 18.3 Å². The van der Waals surface area contributed by atoms with Crippen LogP contribution in [0.5, 0.6) is 5.75 Å². The summed E-state index contributed by atoms with van der Waals surface area (Å²) < 4.78 is 40.1. The molecule has 6 heteroatoms. The van der Waals surface area contributed by atoms with Gasteiger partial charge in [-0.3, -0.25) is 4.99 Å². The van der Waals surface area contributed by atoms with E-state index in [9.17, 15) is 18.3 Å². The summed E-state index contributed by atoms with van der Waals surface area (Å²) in [6.07, 6.45) is 6.18. The van der Waals surface area contributed by atoms with Crippen LogP contribution in [0.25, 0.3) is 5.57 Å². The van der Waals surface area contributed by atoms with Crippen molar-refractivity contribution in [2.24, 2.45) is 10.9 Å². The number of aryl methyl sites for hydroxylation is 1. The number of alkyl halides is 3. The summed E-state index contributed by atoms with van der Waals surface area (Å²) >= 11 is 0. The third-order valence-electron chi connectivity index (χ3n) is 6.99. The second-order valence-electron chi connectivity index (χ2n) is 10.1. The number of nitrogens with zero attached hydrogens (tertiary/aromatic N) is 1. The molecule has 0 aliphatic heterocycles. The van der Waals surface area contributed by atoms with E-state index in [1.807, 2.05) is 25.4 Å². The Kier molecular flexibility index (Phi) is 13.1. The van der Waals surface area contributed by atoms with Crippen molar-refractivity contribution >= 4 is 11.8 Å². The van der Waals surface area contributed by atoms with Crippen molar-refractivity contribution in [1.82, 2.24) is 5.32 Å². The Balaban J connectivity index is 2.20. The molecule has 0 saturated heterocycles. The average molecular weight is 541 g/mol. The maximum absolute atomic E-state index is 13.4. The fourth-order valence-electron chi connectivity index (χ4n) is 5.10. The standard InChI is InChI=1S/C33H43F3N2O/c1-6-13-26(14-7-8-15-28-16-9-11-18-30(28)33(34,35)36)22-27(21-25(3)31(38-5)23-37-4)20-24(2)29-17-10-12-19-32(29)39/h9-12,16-20,23,26,38-39H,2,6-8,13-15,21-22H2,1,3-5H3/b27-20+,31-25+,37-23?. The highest BCUT2D eigenvalue weighted by Crippen LogP contribution is 2.34. The van der Waals surface area contributed by atoms with Crippen LogP contribution in [-0.2, 0) is 12.6 Å². The number of allylic oxidation sites excluding steroid dienone is 5. The van der Waals surface area contributed by atoms with Crippen LogP contribution in [0.2, 0.25) is 0 Å². The molecule has 0 heterocycles. The van der Waals surface area contributed by atoms with Crippen LogP contribution < -0.4 is 5.32 Å². The lowest BCUT2D eigenvalue weighted by Gasteiger charge is -2.20. The largest absolute Gasteiger partial charge is 0.507 e. The molecule has 0 aliphatic rings. The second kappa shape index (κ2) is 16.0. The number of aliphatic imine (C=N–C) groups is 1. The normalized spacial score (nSPS) is 13.9. The van der Waals surface area contributed by atoms with Crippen LogP contribution in [-0.4, -0.2) is 25.4 Å². The molecule has 212 valence electrons. The van der Waals surface area contributed by atoms with Crippen molar-refractivity contribution in [3.05, 3.63) is 94.7 Å². The Morgan fingerprint density at radius 2 is 1.77 bits per heavy atom. The van der Waals surface area contributed by atoms with E-state index in [2.05, 4.69) is 36.8 Å². The number of hydrogen-bond acceptors (Lipinski definition) is 3. The van der Waals surface area contributed by atoms with Gasteiger partial charge < -0.3 is 10.4 Å². The van der Waals surface area contributed by atoms with E-state index in [1.165, 1.54) is 17.7 Å². The molecule has 0 radical (unpaired) electrons. The highest BCUT2D eigenvalue weighted by atomic mass is 19.4. The number of para-hydroxylation sites is 1. The van der Waals surface area contributed by atoms with E-state index in [4.69, 9.17) is 0 Å². The van der Waals surface area contributed by atoms with Gasteiger partial charge in [0.1, 0.15) is 5.75 Å².